The van der Waals surface area contributed by atoms with Crippen molar-refractivity contribution in [3.8, 4) is 0 Å². The molecule has 5 nitrogen and oxygen atoms in total. The average Bonchev–Trinajstić information content (AvgIpc) is 2.79. The van der Waals surface area contributed by atoms with Crippen molar-refractivity contribution in [3.05, 3.63) is 47.2 Å². The summed E-state index contributed by atoms with van der Waals surface area (Å²) in [4.78, 5) is 11.2. The van der Waals surface area contributed by atoms with Gasteiger partial charge >= 0.3 is 12.2 Å². The number of carbonyl (C=O) groups excluding carboxylic acids is 1. The van der Waals surface area contributed by atoms with Crippen molar-refractivity contribution in [2.75, 3.05) is 5.32 Å². The molecule has 0 spiro atoms. The molecule has 0 atom stereocenters. The molecular weight excluding hydrogens is 285 g/mol. The molecule has 1 aromatic carbocycles. The maximum atomic E-state index is 12.9. The summed E-state index contributed by atoms with van der Waals surface area (Å²) in [6.07, 6.45) is -2.78. The minimum atomic E-state index is -4.40. The van der Waals surface area contributed by atoms with E-state index in [1.54, 1.807) is 12.3 Å². The first-order valence-electron chi connectivity index (χ1n) is 6.20. The van der Waals surface area contributed by atoms with Crippen LogP contribution in [0.3, 0.4) is 0 Å². The van der Waals surface area contributed by atoms with Gasteiger partial charge in [-0.3, -0.25) is 10.00 Å². The molecule has 21 heavy (non-hydrogen) atoms. The predicted molar refractivity (Wildman–Crippen MR) is 68.6 cm³/mol. The standard InChI is InChI=1S/C13H11F3N4O/c14-13(15,16)10-4-2-1-3-8(10)6-20-7-9-5-17-12(21)18-11(9)19-20/h1-4,7H,5-6H2,(H2,17,18,19,21). The van der Waals surface area contributed by atoms with Crippen LogP contribution >= 0.6 is 0 Å². The molecule has 0 saturated heterocycles. The van der Waals surface area contributed by atoms with Crippen molar-refractivity contribution in [2.45, 2.75) is 19.3 Å². The number of hydrogen-bond acceptors (Lipinski definition) is 2. The van der Waals surface area contributed by atoms with Crippen LogP contribution in [0.1, 0.15) is 16.7 Å². The van der Waals surface area contributed by atoms with Gasteiger partial charge in [-0.05, 0) is 11.6 Å². The lowest BCUT2D eigenvalue weighted by Gasteiger charge is -2.12. The molecule has 2 N–H and O–H groups in total. The number of alkyl halides is 3. The lowest BCUT2D eigenvalue weighted by Crippen LogP contribution is -2.32. The summed E-state index contributed by atoms with van der Waals surface area (Å²) in [5, 5.41) is 9.17. The first-order chi connectivity index (χ1) is 9.93. The maximum Gasteiger partial charge on any atom is 0.416 e. The Kier molecular flexibility index (Phi) is 3.08. The molecule has 2 amide bonds. The van der Waals surface area contributed by atoms with Gasteiger partial charge in [-0.15, -0.1) is 0 Å². The fourth-order valence-electron chi connectivity index (χ4n) is 2.21. The molecule has 0 saturated carbocycles. The Balaban J connectivity index is 1.90. The summed E-state index contributed by atoms with van der Waals surface area (Å²) >= 11 is 0. The molecule has 1 aromatic heterocycles. The van der Waals surface area contributed by atoms with Crippen LogP contribution < -0.4 is 10.6 Å². The molecule has 1 aliphatic rings. The summed E-state index contributed by atoms with van der Waals surface area (Å²) in [7, 11) is 0. The number of urea groups is 1. The molecule has 0 bridgehead atoms. The minimum Gasteiger partial charge on any atom is -0.334 e. The van der Waals surface area contributed by atoms with Gasteiger partial charge in [0.25, 0.3) is 0 Å². The highest BCUT2D eigenvalue weighted by atomic mass is 19.4. The third-order valence-electron chi connectivity index (χ3n) is 3.16. The van der Waals surface area contributed by atoms with Crippen molar-refractivity contribution in [3.63, 3.8) is 0 Å². The van der Waals surface area contributed by atoms with Crippen LogP contribution in [0.15, 0.2) is 30.5 Å². The van der Waals surface area contributed by atoms with E-state index in [0.29, 0.717) is 12.4 Å². The van der Waals surface area contributed by atoms with E-state index in [0.717, 1.165) is 11.6 Å². The topological polar surface area (TPSA) is 59.0 Å². The maximum absolute atomic E-state index is 12.9. The van der Waals surface area contributed by atoms with E-state index in [1.165, 1.54) is 16.8 Å². The first kappa shape index (κ1) is 13.5. The zero-order chi connectivity index (χ0) is 15.0. The summed E-state index contributed by atoms with van der Waals surface area (Å²) in [6, 6.07) is 4.99. The van der Waals surface area contributed by atoms with Crippen LogP contribution in [-0.2, 0) is 19.3 Å². The van der Waals surface area contributed by atoms with E-state index < -0.39 is 11.7 Å². The number of rotatable bonds is 2. The summed E-state index contributed by atoms with van der Waals surface area (Å²) in [6.45, 7) is 0.292. The molecule has 3 rings (SSSR count). The zero-order valence-electron chi connectivity index (χ0n) is 10.7. The number of hydrogen-bond donors (Lipinski definition) is 2. The van der Waals surface area contributed by atoms with E-state index >= 15 is 0 Å². The van der Waals surface area contributed by atoms with Crippen molar-refractivity contribution >= 4 is 11.8 Å². The van der Waals surface area contributed by atoms with Crippen molar-refractivity contribution in [1.29, 1.82) is 0 Å². The smallest absolute Gasteiger partial charge is 0.334 e. The molecule has 0 fully saturated rings. The lowest BCUT2D eigenvalue weighted by atomic mass is 10.1. The first-order valence-corrected chi connectivity index (χ1v) is 6.20. The number of benzene rings is 1. The van der Waals surface area contributed by atoms with Gasteiger partial charge in [0.05, 0.1) is 12.1 Å². The van der Waals surface area contributed by atoms with E-state index in [4.69, 9.17) is 0 Å². The average molecular weight is 296 g/mol. The second-order valence-electron chi connectivity index (χ2n) is 4.66. The van der Waals surface area contributed by atoms with Crippen LogP contribution in [0.5, 0.6) is 0 Å². The predicted octanol–water partition coefficient (Wildman–Crippen LogP) is 2.59. The highest BCUT2D eigenvalue weighted by molar-refractivity contribution is 5.90. The Morgan fingerprint density at radius 2 is 2.05 bits per heavy atom. The fraction of sp³-hybridized carbons (Fsp3) is 0.231. The largest absolute Gasteiger partial charge is 0.416 e. The van der Waals surface area contributed by atoms with Gasteiger partial charge in [0.15, 0.2) is 5.82 Å². The van der Waals surface area contributed by atoms with Gasteiger partial charge in [0.1, 0.15) is 0 Å². The SMILES string of the molecule is O=C1NCc2cn(Cc3ccccc3C(F)(F)F)nc2N1. The number of carbonyl (C=O) groups is 1. The molecule has 110 valence electrons. The Labute approximate surface area is 117 Å². The Bertz CT molecular complexity index is 693. The van der Waals surface area contributed by atoms with Gasteiger partial charge in [0.2, 0.25) is 0 Å². The molecule has 0 radical (unpaired) electrons. The second-order valence-corrected chi connectivity index (χ2v) is 4.66. The Morgan fingerprint density at radius 1 is 1.29 bits per heavy atom. The van der Waals surface area contributed by atoms with Crippen LogP contribution in [0.2, 0.25) is 0 Å². The van der Waals surface area contributed by atoms with E-state index in [1.807, 2.05) is 0 Å². The van der Waals surface area contributed by atoms with Crippen LogP contribution in [0.25, 0.3) is 0 Å². The summed E-state index contributed by atoms with van der Waals surface area (Å²) in [5.74, 6) is 0.378. The molecule has 8 heteroatoms. The second kappa shape index (κ2) is 4.80. The third kappa shape index (κ3) is 2.69. The number of nitrogens with one attached hydrogen (secondary N) is 2. The van der Waals surface area contributed by atoms with Gasteiger partial charge in [0, 0.05) is 18.3 Å². The van der Waals surface area contributed by atoms with Gasteiger partial charge in [-0.25, -0.2) is 4.79 Å². The fourth-order valence-corrected chi connectivity index (χ4v) is 2.21. The molecular formula is C13H11F3N4O. The van der Waals surface area contributed by atoms with Gasteiger partial charge in [-0.2, -0.15) is 18.3 Å². The summed E-state index contributed by atoms with van der Waals surface area (Å²) < 4.78 is 40.2. The minimum absolute atomic E-state index is 0.0153. The lowest BCUT2D eigenvalue weighted by molar-refractivity contribution is -0.138. The molecule has 1 aliphatic heterocycles. The third-order valence-corrected chi connectivity index (χ3v) is 3.16. The van der Waals surface area contributed by atoms with Crippen molar-refractivity contribution in [1.82, 2.24) is 15.1 Å². The summed E-state index contributed by atoms with van der Waals surface area (Å²) in [5.41, 5.74) is 0.184. The highest BCUT2D eigenvalue weighted by Gasteiger charge is 2.33. The highest BCUT2D eigenvalue weighted by Crippen LogP contribution is 2.32. The normalized spacial score (nSPS) is 14.3. The van der Waals surface area contributed by atoms with Crippen LogP contribution in [-0.4, -0.2) is 15.8 Å². The monoisotopic (exact) mass is 296 g/mol. The number of halogens is 3. The van der Waals surface area contributed by atoms with Crippen molar-refractivity contribution < 1.29 is 18.0 Å². The molecule has 2 heterocycles. The Morgan fingerprint density at radius 3 is 2.81 bits per heavy atom. The van der Waals surface area contributed by atoms with Gasteiger partial charge < -0.3 is 5.32 Å². The zero-order valence-corrected chi connectivity index (χ0v) is 10.7. The Hall–Kier alpha value is -2.51. The van der Waals surface area contributed by atoms with Crippen LogP contribution in [0, 0.1) is 0 Å². The number of amides is 2. The quantitative estimate of drug-likeness (QED) is 0.895. The number of anilines is 1. The van der Waals surface area contributed by atoms with E-state index in [9.17, 15) is 18.0 Å². The number of nitrogens with zero attached hydrogens (tertiary/aromatic N) is 2. The van der Waals surface area contributed by atoms with E-state index in [2.05, 4.69) is 15.7 Å². The molecule has 2 aromatic rings. The number of aromatic nitrogens is 2. The van der Waals surface area contributed by atoms with Crippen molar-refractivity contribution in [2.24, 2.45) is 0 Å². The van der Waals surface area contributed by atoms with Crippen LogP contribution in [0.4, 0.5) is 23.8 Å². The van der Waals surface area contributed by atoms with Gasteiger partial charge in [-0.1, -0.05) is 18.2 Å². The number of fused-ring (bicyclic) bond motifs is 1. The molecule has 0 unspecified atom stereocenters. The molecule has 0 aliphatic carbocycles. The van der Waals surface area contributed by atoms with E-state index in [-0.39, 0.29) is 18.1 Å².